The van der Waals surface area contributed by atoms with Crippen LogP contribution in [0.25, 0.3) is 0 Å². The van der Waals surface area contributed by atoms with E-state index in [2.05, 4.69) is 26.6 Å². The molecule has 1 amide bonds. The molecule has 116 valence electrons. The van der Waals surface area contributed by atoms with Crippen molar-refractivity contribution in [1.29, 1.82) is 0 Å². The van der Waals surface area contributed by atoms with Gasteiger partial charge in [-0.05, 0) is 34.1 Å². The summed E-state index contributed by atoms with van der Waals surface area (Å²) in [7, 11) is -2.44. The van der Waals surface area contributed by atoms with Gasteiger partial charge in [-0.1, -0.05) is 0 Å². The molecule has 0 spiro atoms. The summed E-state index contributed by atoms with van der Waals surface area (Å²) in [5, 5.41) is 5.44. The SMILES string of the molecule is CNC(=O)C1CNCCN1S(=O)(=O)c1ccc(F)cc1Br. The fraction of sp³-hybridized carbons (Fsp3) is 0.417. The maximum Gasteiger partial charge on any atom is 0.245 e. The van der Waals surface area contributed by atoms with Crippen molar-refractivity contribution in [2.24, 2.45) is 0 Å². The highest BCUT2D eigenvalue weighted by atomic mass is 79.9. The van der Waals surface area contributed by atoms with Crippen molar-refractivity contribution in [2.45, 2.75) is 10.9 Å². The molecule has 0 saturated carbocycles. The Labute approximate surface area is 130 Å². The summed E-state index contributed by atoms with van der Waals surface area (Å²) in [4.78, 5) is 11.8. The van der Waals surface area contributed by atoms with Gasteiger partial charge in [0.25, 0.3) is 0 Å². The molecule has 0 aromatic heterocycles. The summed E-state index contributed by atoms with van der Waals surface area (Å²) in [5.74, 6) is -0.923. The number of carbonyl (C=O) groups excluding carboxylic acids is 1. The van der Waals surface area contributed by atoms with Crippen LogP contribution in [0.2, 0.25) is 0 Å². The lowest BCUT2D eigenvalue weighted by Crippen LogP contribution is -2.59. The minimum absolute atomic E-state index is 0.0558. The highest BCUT2D eigenvalue weighted by Crippen LogP contribution is 2.27. The number of hydrogen-bond acceptors (Lipinski definition) is 4. The predicted molar refractivity (Wildman–Crippen MR) is 78.7 cm³/mol. The molecule has 2 N–H and O–H groups in total. The molecule has 6 nitrogen and oxygen atoms in total. The Morgan fingerprint density at radius 2 is 2.24 bits per heavy atom. The van der Waals surface area contributed by atoms with Crippen LogP contribution in [0.5, 0.6) is 0 Å². The van der Waals surface area contributed by atoms with Crippen molar-refractivity contribution in [3.8, 4) is 0 Å². The second-order valence-corrected chi connectivity index (χ2v) is 7.24. The van der Waals surface area contributed by atoms with Gasteiger partial charge >= 0.3 is 0 Å². The summed E-state index contributed by atoms with van der Waals surface area (Å²) in [6, 6.07) is 2.53. The summed E-state index contributed by atoms with van der Waals surface area (Å²) < 4.78 is 39.8. The molecular weight excluding hydrogens is 365 g/mol. The van der Waals surface area contributed by atoms with E-state index in [0.717, 1.165) is 16.4 Å². The zero-order valence-corrected chi connectivity index (χ0v) is 13.7. The van der Waals surface area contributed by atoms with E-state index in [1.807, 2.05) is 0 Å². The van der Waals surface area contributed by atoms with Crippen molar-refractivity contribution >= 4 is 31.9 Å². The average molecular weight is 380 g/mol. The lowest BCUT2D eigenvalue weighted by Gasteiger charge is -2.34. The van der Waals surface area contributed by atoms with Gasteiger partial charge in [-0.15, -0.1) is 0 Å². The molecule has 9 heteroatoms. The molecule has 1 aliphatic heterocycles. The Bertz CT molecular complexity index is 653. The van der Waals surface area contributed by atoms with E-state index >= 15 is 0 Å². The van der Waals surface area contributed by atoms with E-state index in [0.29, 0.717) is 6.54 Å². The number of nitrogens with zero attached hydrogens (tertiary/aromatic N) is 1. The zero-order valence-electron chi connectivity index (χ0n) is 11.3. The molecule has 0 aliphatic carbocycles. The number of amides is 1. The Morgan fingerprint density at radius 3 is 2.86 bits per heavy atom. The Balaban J connectivity index is 2.43. The molecule has 1 aliphatic rings. The lowest BCUT2D eigenvalue weighted by atomic mass is 10.2. The van der Waals surface area contributed by atoms with Crippen molar-refractivity contribution in [3.05, 3.63) is 28.5 Å². The topological polar surface area (TPSA) is 78.5 Å². The molecule has 1 heterocycles. The first-order chi connectivity index (χ1) is 9.87. The molecule has 1 fully saturated rings. The average Bonchev–Trinajstić information content (AvgIpc) is 2.46. The number of sulfonamides is 1. The van der Waals surface area contributed by atoms with Gasteiger partial charge < -0.3 is 10.6 Å². The number of hydrogen-bond donors (Lipinski definition) is 2. The first-order valence-electron chi connectivity index (χ1n) is 6.27. The maximum atomic E-state index is 13.1. The van der Waals surface area contributed by atoms with Crippen LogP contribution in [0, 0.1) is 5.82 Å². The number of carbonyl (C=O) groups is 1. The third-order valence-corrected chi connectivity index (χ3v) is 6.11. The van der Waals surface area contributed by atoms with Crippen LogP contribution in [0.1, 0.15) is 0 Å². The zero-order chi connectivity index (χ0) is 15.6. The van der Waals surface area contributed by atoms with Gasteiger partial charge in [0.1, 0.15) is 11.9 Å². The molecule has 0 bridgehead atoms. The van der Waals surface area contributed by atoms with Gasteiger partial charge in [0.2, 0.25) is 15.9 Å². The second kappa shape index (κ2) is 6.39. The number of rotatable bonds is 3. The van der Waals surface area contributed by atoms with E-state index in [9.17, 15) is 17.6 Å². The van der Waals surface area contributed by atoms with Crippen LogP contribution in [-0.2, 0) is 14.8 Å². The molecule has 1 aromatic carbocycles. The van der Waals surface area contributed by atoms with Gasteiger partial charge in [-0.2, -0.15) is 4.31 Å². The van der Waals surface area contributed by atoms with Gasteiger partial charge in [-0.25, -0.2) is 12.8 Å². The Morgan fingerprint density at radius 1 is 1.52 bits per heavy atom. The summed E-state index contributed by atoms with van der Waals surface area (Å²) >= 11 is 3.06. The predicted octanol–water partition coefficient (Wildman–Crippen LogP) is 0.297. The smallest absolute Gasteiger partial charge is 0.245 e. The summed E-state index contributed by atoms with van der Waals surface area (Å²) in [6.07, 6.45) is 0. The van der Waals surface area contributed by atoms with Gasteiger partial charge in [0, 0.05) is 31.2 Å². The third kappa shape index (κ3) is 3.25. The normalized spacial score (nSPS) is 20.2. The standard InChI is InChI=1S/C12H15BrFN3O3S/c1-15-12(18)10-7-16-4-5-17(10)21(19,20)11-3-2-8(14)6-9(11)13/h2-3,6,10,16H,4-5,7H2,1H3,(H,15,18). The highest BCUT2D eigenvalue weighted by Gasteiger charge is 2.38. The molecule has 1 atom stereocenters. The number of halogens is 2. The summed E-state index contributed by atoms with van der Waals surface area (Å²) in [5.41, 5.74) is 0. The van der Waals surface area contributed by atoms with Crippen molar-refractivity contribution in [1.82, 2.24) is 14.9 Å². The van der Waals surface area contributed by atoms with Crippen LogP contribution < -0.4 is 10.6 Å². The van der Waals surface area contributed by atoms with Crippen LogP contribution in [0.15, 0.2) is 27.6 Å². The minimum atomic E-state index is -3.89. The van der Waals surface area contributed by atoms with Crippen LogP contribution in [0.4, 0.5) is 4.39 Å². The number of piperazine rings is 1. The monoisotopic (exact) mass is 379 g/mol. The van der Waals surface area contributed by atoms with Crippen molar-refractivity contribution in [2.75, 3.05) is 26.7 Å². The van der Waals surface area contributed by atoms with Gasteiger partial charge in [0.05, 0.1) is 4.90 Å². The third-order valence-electron chi connectivity index (χ3n) is 3.22. The Kier molecular flexibility index (Phi) is 4.97. The maximum absolute atomic E-state index is 13.1. The molecule has 2 rings (SSSR count). The molecular formula is C12H15BrFN3O3S. The number of nitrogens with one attached hydrogen (secondary N) is 2. The lowest BCUT2D eigenvalue weighted by molar-refractivity contribution is -0.124. The number of benzene rings is 1. The quantitative estimate of drug-likeness (QED) is 0.791. The van der Waals surface area contributed by atoms with Gasteiger partial charge in [0.15, 0.2) is 0 Å². The van der Waals surface area contributed by atoms with Crippen molar-refractivity contribution < 1.29 is 17.6 Å². The summed E-state index contributed by atoms with van der Waals surface area (Å²) in [6.45, 7) is 0.855. The fourth-order valence-corrected chi connectivity index (χ4v) is 4.77. The Hall–Kier alpha value is -1.03. The van der Waals surface area contributed by atoms with Crippen LogP contribution >= 0.6 is 15.9 Å². The molecule has 1 aromatic rings. The van der Waals surface area contributed by atoms with Gasteiger partial charge in [-0.3, -0.25) is 4.79 Å². The molecule has 1 unspecified atom stereocenters. The largest absolute Gasteiger partial charge is 0.358 e. The molecule has 1 saturated heterocycles. The fourth-order valence-electron chi connectivity index (χ4n) is 2.17. The van der Waals surface area contributed by atoms with Crippen LogP contribution in [-0.4, -0.2) is 51.4 Å². The number of likely N-dealkylation sites (N-methyl/N-ethyl adjacent to an activating group) is 1. The second-order valence-electron chi connectivity index (χ2n) is 4.52. The molecule has 21 heavy (non-hydrogen) atoms. The minimum Gasteiger partial charge on any atom is -0.358 e. The van der Waals surface area contributed by atoms with Crippen LogP contribution in [0.3, 0.4) is 0 Å². The first-order valence-corrected chi connectivity index (χ1v) is 8.50. The molecule has 0 radical (unpaired) electrons. The van der Waals surface area contributed by atoms with E-state index in [1.165, 1.54) is 13.1 Å². The first kappa shape index (κ1) is 16.3. The van der Waals surface area contributed by atoms with E-state index < -0.39 is 21.9 Å². The van der Waals surface area contributed by atoms with E-state index in [1.54, 1.807) is 0 Å². The van der Waals surface area contributed by atoms with E-state index in [-0.39, 0.29) is 28.4 Å². The van der Waals surface area contributed by atoms with Crippen molar-refractivity contribution in [3.63, 3.8) is 0 Å². The van der Waals surface area contributed by atoms with E-state index in [4.69, 9.17) is 0 Å². The highest BCUT2D eigenvalue weighted by molar-refractivity contribution is 9.10.